The van der Waals surface area contributed by atoms with Crippen molar-refractivity contribution in [2.75, 3.05) is 6.61 Å². The summed E-state index contributed by atoms with van der Waals surface area (Å²) in [4.78, 5) is 0. The fraction of sp³-hybridized carbons (Fsp3) is 0.400. The SMILES string of the molecule is CCOc1cccc(C(C)O)c1O. The highest BCUT2D eigenvalue weighted by Gasteiger charge is 2.11. The Labute approximate surface area is 77.6 Å². The van der Waals surface area contributed by atoms with Crippen LogP contribution in [0.3, 0.4) is 0 Å². The van der Waals surface area contributed by atoms with Crippen LogP contribution in [0, 0.1) is 0 Å². The number of aromatic hydroxyl groups is 1. The lowest BCUT2D eigenvalue weighted by molar-refractivity contribution is 0.193. The van der Waals surface area contributed by atoms with Crippen molar-refractivity contribution in [3.8, 4) is 11.5 Å². The Kier molecular flexibility index (Phi) is 3.14. The molecule has 0 radical (unpaired) electrons. The van der Waals surface area contributed by atoms with Gasteiger partial charge >= 0.3 is 0 Å². The molecule has 0 spiro atoms. The number of para-hydroxylation sites is 1. The van der Waals surface area contributed by atoms with Crippen LogP contribution in [0.25, 0.3) is 0 Å². The first-order chi connectivity index (χ1) is 6.16. The molecule has 0 fully saturated rings. The maximum absolute atomic E-state index is 9.61. The fourth-order valence-electron chi connectivity index (χ4n) is 1.15. The minimum absolute atomic E-state index is 0.0272. The lowest BCUT2D eigenvalue weighted by Gasteiger charge is -2.11. The molecule has 1 rings (SSSR count). The van der Waals surface area contributed by atoms with Crippen LogP contribution in [0.4, 0.5) is 0 Å². The van der Waals surface area contributed by atoms with Crippen LogP contribution >= 0.6 is 0 Å². The van der Waals surface area contributed by atoms with Crippen LogP contribution in [0.2, 0.25) is 0 Å². The number of ether oxygens (including phenoxy) is 1. The third kappa shape index (κ3) is 2.12. The molecule has 72 valence electrons. The van der Waals surface area contributed by atoms with E-state index in [0.717, 1.165) is 0 Å². The van der Waals surface area contributed by atoms with Crippen molar-refractivity contribution in [2.24, 2.45) is 0 Å². The monoisotopic (exact) mass is 182 g/mol. The normalized spacial score (nSPS) is 12.5. The molecule has 1 unspecified atom stereocenters. The van der Waals surface area contributed by atoms with E-state index in [2.05, 4.69) is 0 Å². The van der Waals surface area contributed by atoms with Gasteiger partial charge in [0, 0.05) is 5.56 Å². The van der Waals surface area contributed by atoms with Crippen LogP contribution in [0.15, 0.2) is 18.2 Å². The molecule has 1 aromatic carbocycles. The molecular weight excluding hydrogens is 168 g/mol. The molecular formula is C10H14O3. The first-order valence-corrected chi connectivity index (χ1v) is 4.29. The highest BCUT2D eigenvalue weighted by atomic mass is 16.5. The van der Waals surface area contributed by atoms with Crippen LogP contribution < -0.4 is 4.74 Å². The molecule has 3 nitrogen and oxygen atoms in total. The Morgan fingerprint density at radius 2 is 2.15 bits per heavy atom. The summed E-state index contributed by atoms with van der Waals surface area (Å²) in [7, 11) is 0. The quantitative estimate of drug-likeness (QED) is 0.750. The van der Waals surface area contributed by atoms with E-state index in [-0.39, 0.29) is 5.75 Å². The van der Waals surface area contributed by atoms with Gasteiger partial charge in [0.25, 0.3) is 0 Å². The van der Waals surface area contributed by atoms with E-state index in [9.17, 15) is 10.2 Å². The van der Waals surface area contributed by atoms with Gasteiger partial charge in [-0.3, -0.25) is 0 Å². The third-order valence-electron chi connectivity index (χ3n) is 1.78. The first kappa shape index (κ1) is 9.86. The standard InChI is InChI=1S/C10H14O3/c1-3-13-9-6-4-5-8(7(2)11)10(9)12/h4-7,11-12H,3H2,1-2H3. The van der Waals surface area contributed by atoms with Gasteiger partial charge in [-0.2, -0.15) is 0 Å². The van der Waals surface area contributed by atoms with Gasteiger partial charge in [-0.1, -0.05) is 12.1 Å². The van der Waals surface area contributed by atoms with Crippen molar-refractivity contribution in [1.29, 1.82) is 0 Å². The van der Waals surface area contributed by atoms with Crippen molar-refractivity contribution < 1.29 is 14.9 Å². The van der Waals surface area contributed by atoms with E-state index in [0.29, 0.717) is 17.9 Å². The van der Waals surface area contributed by atoms with Gasteiger partial charge in [0.1, 0.15) is 0 Å². The number of hydrogen-bond donors (Lipinski definition) is 2. The second kappa shape index (κ2) is 4.14. The van der Waals surface area contributed by atoms with Gasteiger partial charge in [-0.05, 0) is 19.9 Å². The highest BCUT2D eigenvalue weighted by molar-refractivity contribution is 5.46. The number of phenolic OH excluding ortho intramolecular Hbond substituents is 1. The molecule has 0 saturated heterocycles. The van der Waals surface area contributed by atoms with Crippen LogP contribution in [0.5, 0.6) is 11.5 Å². The Morgan fingerprint density at radius 1 is 1.46 bits per heavy atom. The molecule has 0 aliphatic heterocycles. The molecule has 1 atom stereocenters. The lowest BCUT2D eigenvalue weighted by atomic mass is 10.1. The van der Waals surface area contributed by atoms with Crippen molar-refractivity contribution >= 4 is 0 Å². The second-order valence-electron chi connectivity index (χ2n) is 2.80. The number of benzene rings is 1. The average molecular weight is 182 g/mol. The van der Waals surface area contributed by atoms with Gasteiger partial charge in [0.15, 0.2) is 11.5 Å². The molecule has 0 aromatic heterocycles. The molecule has 1 aromatic rings. The molecule has 2 N–H and O–H groups in total. The molecule has 0 aliphatic rings. The molecule has 0 amide bonds. The molecule has 0 bridgehead atoms. The summed E-state index contributed by atoms with van der Waals surface area (Å²) >= 11 is 0. The lowest BCUT2D eigenvalue weighted by Crippen LogP contribution is -1.96. The topological polar surface area (TPSA) is 49.7 Å². The first-order valence-electron chi connectivity index (χ1n) is 4.29. The van der Waals surface area contributed by atoms with E-state index >= 15 is 0 Å². The van der Waals surface area contributed by atoms with Crippen LogP contribution in [0.1, 0.15) is 25.5 Å². The predicted octanol–water partition coefficient (Wildman–Crippen LogP) is 1.84. The van der Waals surface area contributed by atoms with Crippen LogP contribution in [-0.4, -0.2) is 16.8 Å². The van der Waals surface area contributed by atoms with E-state index in [1.807, 2.05) is 6.92 Å². The largest absolute Gasteiger partial charge is 0.504 e. The summed E-state index contributed by atoms with van der Waals surface area (Å²) in [6.45, 7) is 3.94. The summed E-state index contributed by atoms with van der Waals surface area (Å²) in [5.74, 6) is 0.445. The zero-order valence-electron chi connectivity index (χ0n) is 7.82. The van der Waals surface area contributed by atoms with Gasteiger partial charge < -0.3 is 14.9 Å². The molecule has 0 aliphatic carbocycles. The Morgan fingerprint density at radius 3 is 2.69 bits per heavy atom. The molecule has 0 saturated carbocycles. The maximum atomic E-state index is 9.61. The molecule has 13 heavy (non-hydrogen) atoms. The smallest absolute Gasteiger partial charge is 0.163 e. The Bertz CT molecular complexity index is 281. The number of phenols is 1. The van der Waals surface area contributed by atoms with Gasteiger partial charge in [-0.15, -0.1) is 0 Å². The zero-order valence-corrected chi connectivity index (χ0v) is 7.82. The number of aliphatic hydroxyl groups excluding tert-OH is 1. The third-order valence-corrected chi connectivity index (χ3v) is 1.78. The molecule has 3 heteroatoms. The summed E-state index contributed by atoms with van der Waals surface area (Å²) in [6, 6.07) is 5.08. The van der Waals surface area contributed by atoms with Gasteiger partial charge in [0.05, 0.1) is 12.7 Å². The van der Waals surface area contributed by atoms with Crippen molar-refractivity contribution in [3.05, 3.63) is 23.8 Å². The second-order valence-corrected chi connectivity index (χ2v) is 2.80. The summed E-state index contributed by atoms with van der Waals surface area (Å²) < 4.78 is 5.17. The predicted molar refractivity (Wildman–Crippen MR) is 49.9 cm³/mol. The minimum atomic E-state index is -0.680. The number of aliphatic hydroxyl groups is 1. The van der Waals surface area contributed by atoms with Gasteiger partial charge in [0.2, 0.25) is 0 Å². The van der Waals surface area contributed by atoms with Crippen molar-refractivity contribution in [1.82, 2.24) is 0 Å². The summed E-state index contributed by atoms with van der Waals surface area (Å²) in [5, 5.41) is 18.9. The van der Waals surface area contributed by atoms with Gasteiger partial charge in [-0.25, -0.2) is 0 Å². The fourth-order valence-corrected chi connectivity index (χ4v) is 1.15. The van der Waals surface area contributed by atoms with E-state index in [1.165, 1.54) is 0 Å². The summed E-state index contributed by atoms with van der Waals surface area (Å²) in [5.41, 5.74) is 0.492. The minimum Gasteiger partial charge on any atom is -0.504 e. The molecule has 0 heterocycles. The highest BCUT2D eigenvalue weighted by Crippen LogP contribution is 2.33. The van der Waals surface area contributed by atoms with Crippen molar-refractivity contribution in [3.63, 3.8) is 0 Å². The van der Waals surface area contributed by atoms with E-state index < -0.39 is 6.10 Å². The average Bonchev–Trinajstić information content (AvgIpc) is 2.08. The zero-order chi connectivity index (χ0) is 9.84. The van der Waals surface area contributed by atoms with Crippen LogP contribution in [-0.2, 0) is 0 Å². The van der Waals surface area contributed by atoms with Crippen molar-refractivity contribution in [2.45, 2.75) is 20.0 Å². The maximum Gasteiger partial charge on any atom is 0.163 e. The number of hydrogen-bond acceptors (Lipinski definition) is 3. The van der Waals surface area contributed by atoms with E-state index in [1.54, 1.807) is 25.1 Å². The van der Waals surface area contributed by atoms with E-state index in [4.69, 9.17) is 4.74 Å². The number of rotatable bonds is 3. The Balaban J connectivity index is 3.03. The Hall–Kier alpha value is -1.22. The summed E-state index contributed by atoms with van der Waals surface area (Å²) in [6.07, 6.45) is -0.680.